The van der Waals surface area contributed by atoms with Gasteiger partial charge in [-0.15, -0.1) is 5.10 Å². The molecule has 0 radical (unpaired) electrons. The second-order valence-corrected chi connectivity index (χ2v) is 4.81. The van der Waals surface area contributed by atoms with Crippen molar-refractivity contribution in [1.29, 1.82) is 0 Å². The highest BCUT2D eigenvalue weighted by Crippen LogP contribution is 2.21. The van der Waals surface area contributed by atoms with Crippen molar-refractivity contribution >= 4 is 0 Å². The molecule has 21 heavy (non-hydrogen) atoms. The number of rotatable bonds is 8. The molecule has 0 unspecified atom stereocenters. The van der Waals surface area contributed by atoms with Crippen LogP contribution in [0.5, 0.6) is 0 Å². The standard InChI is InChI=1S/C15H23N5O/c1-4-12-7-6-8-13(5-2)15(12)20-14(17-18-19-20)11-16-9-10-21-3/h6-8,16H,4-5,9-11H2,1-3H3. The summed E-state index contributed by atoms with van der Waals surface area (Å²) in [7, 11) is 1.69. The lowest BCUT2D eigenvalue weighted by atomic mass is 10.0. The van der Waals surface area contributed by atoms with E-state index in [1.807, 2.05) is 4.68 Å². The van der Waals surface area contributed by atoms with Gasteiger partial charge in [0.2, 0.25) is 0 Å². The van der Waals surface area contributed by atoms with Gasteiger partial charge < -0.3 is 10.1 Å². The largest absolute Gasteiger partial charge is 0.383 e. The van der Waals surface area contributed by atoms with Crippen LogP contribution in [0, 0.1) is 0 Å². The number of methoxy groups -OCH3 is 1. The minimum absolute atomic E-state index is 0.623. The molecule has 114 valence electrons. The average Bonchev–Trinajstić information content (AvgIpc) is 2.98. The van der Waals surface area contributed by atoms with E-state index in [0.29, 0.717) is 13.2 Å². The number of benzene rings is 1. The van der Waals surface area contributed by atoms with Gasteiger partial charge in [0.1, 0.15) is 0 Å². The Kier molecular flexibility index (Phi) is 5.83. The summed E-state index contributed by atoms with van der Waals surface area (Å²) in [6, 6.07) is 6.37. The van der Waals surface area contributed by atoms with Gasteiger partial charge in [0.25, 0.3) is 0 Å². The molecule has 2 rings (SSSR count). The first-order valence-corrected chi connectivity index (χ1v) is 7.39. The van der Waals surface area contributed by atoms with Gasteiger partial charge in [0.05, 0.1) is 18.8 Å². The fourth-order valence-electron chi connectivity index (χ4n) is 2.35. The number of nitrogens with zero attached hydrogens (tertiary/aromatic N) is 4. The van der Waals surface area contributed by atoms with Crippen molar-refractivity contribution in [2.75, 3.05) is 20.3 Å². The van der Waals surface area contributed by atoms with Gasteiger partial charge in [0, 0.05) is 13.7 Å². The van der Waals surface area contributed by atoms with Crippen molar-refractivity contribution in [3.05, 3.63) is 35.2 Å². The first kappa shape index (κ1) is 15.6. The number of nitrogens with one attached hydrogen (secondary N) is 1. The second-order valence-electron chi connectivity index (χ2n) is 4.81. The molecule has 0 spiro atoms. The van der Waals surface area contributed by atoms with Crippen LogP contribution in [0.4, 0.5) is 0 Å². The molecule has 0 bridgehead atoms. The van der Waals surface area contributed by atoms with Crippen molar-refractivity contribution in [3.63, 3.8) is 0 Å². The van der Waals surface area contributed by atoms with Crippen molar-refractivity contribution < 1.29 is 4.74 Å². The number of aryl methyl sites for hydroxylation is 2. The maximum absolute atomic E-state index is 5.03. The Bertz CT molecular complexity index is 545. The van der Waals surface area contributed by atoms with Crippen molar-refractivity contribution in [2.24, 2.45) is 0 Å². The third-order valence-electron chi connectivity index (χ3n) is 3.48. The molecule has 2 aromatic rings. The predicted molar refractivity (Wildman–Crippen MR) is 81.5 cm³/mol. The van der Waals surface area contributed by atoms with Crippen molar-refractivity contribution in [2.45, 2.75) is 33.2 Å². The number of aromatic nitrogens is 4. The topological polar surface area (TPSA) is 64.9 Å². The molecule has 0 atom stereocenters. The predicted octanol–water partition coefficient (Wildman–Crippen LogP) is 1.52. The molecule has 0 aliphatic heterocycles. The molecule has 0 amide bonds. The van der Waals surface area contributed by atoms with Crippen LogP contribution in [0.1, 0.15) is 30.8 Å². The number of para-hydroxylation sites is 1. The Hall–Kier alpha value is -1.79. The van der Waals surface area contributed by atoms with E-state index in [1.54, 1.807) is 7.11 Å². The summed E-state index contributed by atoms with van der Waals surface area (Å²) in [5, 5.41) is 15.5. The quantitative estimate of drug-likeness (QED) is 0.747. The third-order valence-corrected chi connectivity index (χ3v) is 3.48. The summed E-state index contributed by atoms with van der Waals surface area (Å²) in [6.45, 7) is 6.38. The van der Waals surface area contributed by atoms with E-state index in [0.717, 1.165) is 30.9 Å². The summed E-state index contributed by atoms with van der Waals surface area (Å²) < 4.78 is 6.89. The summed E-state index contributed by atoms with van der Waals surface area (Å²) >= 11 is 0. The van der Waals surface area contributed by atoms with Crippen LogP contribution in [0.3, 0.4) is 0 Å². The molecule has 0 fully saturated rings. The lowest BCUT2D eigenvalue weighted by molar-refractivity contribution is 0.199. The average molecular weight is 289 g/mol. The summed E-state index contributed by atoms with van der Waals surface area (Å²) in [6.07, 6.45) is 1.92. The number of hydrogen-bond donors (Lipinski definition) is 1. The number of hydrogen-bond acceptors (Lipinski definition) is 5. The van der Waals surface area contributed by atoms with Gasteiger partial charge in [-0.05, 0) is 34.4 Å². The van der Waals surface area contributed by atoms with Gasteiger partial charge >= 0.3 is 0 Å². The van der Waals surface area contributed by atoms with E-state index in [1.165, 1.54) is 11.1 Å². The molecule has 0 aliphatic rings. The van der Waals surface area contributed by atoms with Crippen LogP contribution in [0.2, 0.25) is 0 Å². The van der Waals surface area contributed by atoms with Crippen LogP contribution in [-0.4, -0.2) is 40.5 Å². The van der Waals surface area contributed by atoms with Crippen LogP contribution >= 0.6 is 0 Å². The van der Waals surface area contributed by atoms with Crippen LogP contribution < -0.4 is 5.32 Å². The fraction of sp³-hybridized carbons (Fsp3) is 0.533. The van der Waals surface area contributed by atoms with Gasteiger partial charge in [-0.1, -0.05) is 32.0 Å². The fourth-order valence-corrected chi connectivity index (χ4v) is 2.35. The molecule has 0 saturated heterocycles. The van der Waals surface area contributed by atoms with Crippen LogP contribution in [-0.2, 0) is 24.1 Å². The Labute approximate surface area is 125 Å². The number of ether oxygens (including phenoxy) is 1. The Morgan fingerprint density at radius 1 is 1.19 bits per heavy atom. The van der Waals surface area contributed by atoms with E-state index < -0.39 is 0 Å². The van der Waals surface area contributed by atoms with Gasteiger partial charge in [-0.3, -0.25) is 0 Å². The van der Waals surface area contributed by atoms with Gasteiger partial charge in [0.15, 0.2) is 5.82 Å². The zero-order valence-electron chi connectivity index (χ0n) is 13.0. The zero-order valence-corrected chi connectivity index (χ0v) is 13.0. The maximum atomic E-state index is 5.03. The highest BCUT2D eigenvalue weighted by Gasteiger charge is 2.14. The maximum Gasteiger partial charge on any atom is 0.170 e. The normalized spacial score (nSPS) is 11.0. The summed E-state index contributed by atoms with van der Waals surface area (Å²) in [4.78, 5) is 0. The van der Waals surface area contributed by atoms with Gasteiger partial charge in [-0.2, -0.15) is 4.68 Å². The molecule has 1 aromatic carbocycles. The smallest absolute Gasteiger partial charge is 0.170 e. The van der Waals surface area contributed by atoms with Crippen LogP contribution in [0.25, 0.3) is 5.69 Å². The molecule has 1 N–H and O–H groups in total. The van der Waals surface area contributed by atoms with E-state index in [4.69, 9.17) is 4.74 Å². The molecule has 6 heteroatoms. The molecule has 1 heterocycles. The van der Waals surface area contributed by atoms with Crippen molar-refractivity contribution in [1.82, 2.24) is 25.5 Å². The Morgan fingerprint density at radius 3 is 2.52 bits per heavy atom. The highest BCUT2D eigenvalue weighted by atomic mass is 16.5. The molecule has 0 aliphatic carbocycles. The number of tetrazole rings is 1. The highest BCUT2D eigenvalue weighted by molar-refractivity contribution is 5.48. The SMILES string of the molecule is CCc1cccc(CC)c1-n1nnnc1CNCCOC. The Morgan fingerprint density at radius 2 is 1.90 bits per heavy atom. The summed E-state index contributed by atoms with van der Waals surface area (Å²) in [5.41, 5.74) is 3.65. The van der Waals surface area contributed by atoms with E-state index >= 15 is 0 Å². The molecular weight excluding hydrogens is 266 g/mol. The zero-order chi connectivity index (χ0) is 15.1. The molecule has 0 saturated carbocycles. The van der Waals surface area contributed by atoms with E-state index in [9.17, 15) is 0 Å². The van der Waals surface area contributed by atoms with Crippen LogP contribution in [0.15, 0.2) is 18.2 Å². The third kappa shape index (κ3) is 3.65. The van der Waals surface area contributed by atoms with Gasteiger partial charge in [-0.25, -0.2) is 0 Å². The lowest BCUT2D eigenvalue weighted by Crippen LogP contribution is -2.21. The van der Waals surface area contributed by atoms with E-state index in [-0.39, 0.29) is 0 Å². The summed E-state index contributed by atoms with van der Waals surface area (Å²) in [5.74, 6) is 0.821. The Balaban J connectivity index is 2.28. The minimum Gasteiger partial charge on any atom is -0.383 e. The molecule has 6 nitrogen and oxygen atoms in total. The molecular formula is C15H23N5O. The lowest BCUT2D eigenvalue weighted by Gasteiger charge is -2.14. The first-order valence-electron chi connectivity index (χ1n) is 7.39. The second kappa shape index (κ2) is 7.85. The monoisotopic (exact) mass is 289 g/mol. The van der Waals surface area contributed by atoms with E-state index in [2.05, 4.69) is 52.9 Å². The van der Waals surface area contributed by atoms with Crippen molar-refractivity contribution in [3.8, 4) is 5.69 Å². The minimum atomic E-state index is 0.623. The molecule has 1 aromatic heterocycles. The first-order chi connectivity index (χ1) is 10.3.